The first-order valence-corrected chi connectivity index (χ1v) is 8.02. The highest BCUT2D eigenvalue weighted by atomic mass is 15.4. The van der Waals surface area contributed by atoms with Crippen LogP contribution in [-0.4, -0.2) is 45.3 Å². The van der Waals surface area contributed by atoms with E-state index in [1.807, 2.05) is 19.2 Å². The lowest BCUT2D eigenvalue weighted by molar-refractivity contribution is 0.243. The number of rotatable bonds is 3. The third-order valence-corrected chi connectivity index (χ3v) is 4.86. The summed E-state index contributed by atoms with van der Waals surface area (Å²) in [7, 11) is 0. The quantitative estimate of drug-likeness (QED) is 0.867. The molecule has 5 heteroatoms. The maximum atomic E-state index is 4.47. The summed E-state index contributed by atoms with van der Waals surface area (Å²) in [5, 5.41) is 8.58. The van der Waals surface area contributed by atoms with Crippen LogP contribution in [-0.2, 0) is 6.54 Å². The molecule has 0 radical (unpaired) electrons. The molecule has 0 unspecified atom stereocenters. The zero-order valence-corrected chi connectivity index (χ0v) is 12.9. The van der Waals surface area contributed by atoms with Gasteiger partial charge in [0.1, 0.15) is 0 Å². The second kappa shape index (κ2) is 5.65. The number of aryl methyl sites for hydroxylation is 1. The van der Waals surface area contributed by atoms with E-state index in [1.54, 1.807) is 0 Å². The summed E-state index contributed by atoms with van der Waals surface area (Å²) >= 11 is 0. The van der Waals surface area contributed by atoms with Crippen LogP contribution in [0.2, 0.25) is 0 Å². The fourth-order valence-corrected chi connectivity index (χ4v) is 3.80. The lowest BCUT2D eigenvalue weighted by atomic mass is 10.1. The van der Waals surface area contributed by atoms with Crippen LogP contribution in [0.15, 0.2) is 36.5 Å². The van der Waals surface area contributed by atoms with E-state index in [2.05, 4.69) is 49.2 Å². The van der Waals surface area contributed by atoms with Crippen molar-refractivity contribution < 1.29 is 0 Å². The Bertz CT molecular complexity index is 627. The lowest BCUT2D eigenvalue weighted by Crippen LogP contribution is -2.36. The molecule has 2 saturated heterocycles. The van der Waals surface area contributed by atoms with Gasteiger partial charge in [0.25, 0.3) is 0 Å². The van der Waals surface area contributed by atoms with Gasteiger partial charge < -0.3 is 4.90 Å². The fourth-order valence-electron chi connectivity index (χ4n) is 3.80. The van der Waals surface area contributed by atoms with Gasteiger partial charge in [0.2, 0.25) is 0 Å². The Balaban J connectivity index is 1.48. The molecule has 2 fully saturated rings. The molecule has 2 aliphatic heterocycles. The first kappa shape index (κ1) is 13.6. The number of fused-ring (bicyclic) bond motifs is 1. The fraction of sp³-hybridized carbons (Fsp3) is 0.471. The molecule has 114 valence electrons. The second-order valence-electron chi connectivity index (χ2n) is 6.23. The van der Waals surface area contributed by atoms with E-state index in [0.29, 0.717) is 12.1 Å². The second-order valence-corrected chi connectivity index (χ2v) is 6.23. The van der Waals surface area contributed by atoms with Crippen molar-refractivity contribution in [3.05, 3.63) is 47.9 Å². The summed E-state index contributed by atoms with van der Waals surface area (Å²) in [6.07, 6.45) is 4.28. The number of hydrogen-bond donors (Lipinski definition) is 0. The molecule has 0 aliphatic carbocycles. The van der Waals surface area contributed by atoms with Crippen LogP contribution in [0, 0.1) is 6.92 Å². The van der Waals surface area contributed by atoms with Crippen LogP contribution in [0.5, 0.6) is 0 Å². The number of likely N-dealkylation sites (tertiary alicyclic amines) is 1. The largest absolute Gasteiger partial charge is 0.350 e. The van der Waals surface area contributed by atoms with Gasteiger partial charge in [-0.05, 0) is 44.0 Å². The minimum absolute atomic E-state index is 0.570. The molecule has 2 aromatic heterocycles. The van der Waals surface area contributed by atoms with Gasteiger partial charge in [-0.2, -0.15) is 5.10 Å². The number of nitrogens with zero attached hydrogens (tertiary/aromatic N) is 5. The zero-order chi connectivity index (χ0) is 14.9. The van der Waals surface area contributed by atoms with Crippen LogP contribution < -0.4 is 4.90 Å². The monoisotopic (exact) mass is 295 g/mol. The first-order valence-electron chi connectivity index (χ1n) is 8.02. The SMILES string of the molecule is Cc1ccc(N2CC[C@H]3[C@@H]2CCN3Cc2ccccn2)nn1. The first-order chi connectivity index (χ1) is 10.8. The molecule has 0 saturated carbocycles. The van der Waals surface area contributed by atoms with E-state index in [-0.39, 0.29) is 0 Å². The van der Waals surface area contributed by atoms with E-state index in [0.717, 1.165) is 36.8 Å². The molecule has 2 aromatic rings. The van der Waals surface area contributed by atoms with Gasteiger partial charge in [-0.15, -0.1) is 5.10 Å². The van der Waals surface area contributed by atoms with Crippen molar-refractivity contribution in [2.24, 2.45) is 0 Å². The smallest absolute Gasteiger partial charge is 0.151 e. The molecule has 2 atom stereocenters. The third-order valence-electron chi connectivity index (χ3n) is 4.86. The zero-order valence-electron chi connectivity index (χ0n) is 12.9. The van der Waals surface area contributed by atoms with E-state index in [9.17, 15) is 0 Å². The van der Waals surface area contributed by atoms with E-state index >= 15 is 0 Å². The van der Waals surface area contributed by atoms with E-state index < -0.39 is 0 Å². The Morgan fingerprint density at radius 2 is 1.95 bits per heavy atom. The summed E-state index contributed by atoms with van der Waals surface area (Å²) in [6, 6.07) is 11.5. The Morgan fingerprint density at radius 3 is 2.73 bits per heavy atom. The summed E-state index contributed by atoms with van der Waals surface area (Å²) in [4.78, 5) is 9.48. The van der Waals surface area contributed by atoms with E-state index in [4.69, 9.17) is 0 Å². The molecule has 0 N–H and O–H groups in total. The highest BCUT2D eigenvalue weighted by Gasteiger charge is 2.42. The van der Waals surface area contributed by atoms with Gasteiger partial charge >= 0.3 is 0 Å². The molecule has 2 aliphatic rings. The Labute approximate surface area is 131 Å². The van der Waals surface area contributed by atoms with E-state index in [1.165, 1.54) is 12.8 Å². The van der Waals surface area contributed by atoms with Gasteiger partial charge in [-0.1, -0.05) is 6.07 Å². The summed E-state index contributed by atoms with van der Waals surface area (Å²) < 4.78 is 0. The predicted molar refractivity (Wildman–Crippen MR) is 85.6 cm³/mol. The molecule has 4 rings (SSSR count). The normalized spacial score (nSPS) is 24.7. The number of anilines is 1. The molecule has 0 amide bonds. The third kappa shape index (κ3) is 2.46. The van der Waals surface area contributed by atoms with Crippen molar-refractivity contribution in [2.75, 3.05) is 18.0 Å². The number of hydrogen-bond acceptors (Lipinski definition) is 5. The van der Waals surface area contributed by atoms with Crippen molar-refractivity contribution in [2.45, 2.75) is 38.4 Å². The molecule has 22 heavy (non-hydrogen) atoms. The summed E-state index contributed by atoms with van der Waals surface area (Å²) in [6.45, 7) is 5.15. The molecule has 0 bridgehead atoms. The molecule has 4 heterocycles. The average molecular weight is 295 g/mol. The van der Waals surface area contributed by atoms with Gasteiger partial charge in [-0.25, -0.2) is 0 Å². The lowest BCUT2D eigenvalue weighted by Gasteiger charge is -2.25. The van der Waals surface area contributed by atoms with Crippen molar-refractivity contribution in [1.82, 2.24) is 20.1 Å². The standard InChI is InChI=1S/C17H21N5/c1-13-5-6-17(20-19-13)22-11-8-15-16(22)7-10-21(15)12-14-4-2-3-9-18-14/h2-6,9,15-16H,7-8,10-12H2,1H3/t15-,16-/m0/s1. The Kier molecular flexibility index (Phi) is 3.50. The summed E-state index contributed by atoms with van der Waals surface area (Å²) in [5.74, 6) is 1.03. The maximum Gasteiger partial charge on any atom is 0.151 e. The van der Waals surface area contributed by atoms with Gasteiger partial charge in [-0.3, -0.25) is 9.88 Å². The minimum Gasteiger partial charge on any atom is -0.350 e. The molecular weight excluding hydrogens is 274 g/mol. The molecular formula is C17H21N5. The Hall–Kier alpha value is -2.01. The van der Waals surface area contributed by atoms with Gasteiger partial charge in [0.05, 0.1) is 11.4 Å². The molecule has 0 spiro atoms. The van der Waals surface area contributed by atoms with Crippen LogP contribution in [0.25, 0.3) is 0 Å². The van der Waals surface area contributed by atoms with Crippen molar-refractivity contribution >= 4 is 5.82 Å². The van der Waals surface area contributed by atoms with Crippen LogP contribution in [0.4, 0.5) is 5.82 Å². The van der Waals surface area contributed by atoms with Gasteiger partial charge in [0, 0.05) is 37.9 Å². The number of pyridine rings is 1. The highest BCUT2D eigenvalue weighted by molar-refractivity contribution is 5.42. The predicted octanol–water partition coefficient (Wildman–Crippen LogP) is 2.03. The van der Waals surface area contributed by atoms with Crippen LogP contribution in [0.3, 0.4) is 0 Å². The summed E-state index contributed by atoms with van der Waals surface area (Å²) in [5.41, 5.74) is 2.14. The molecule has 5 nitrogen and oxygen atoms in total. The maximum absolute atomic E-state index is 4.47. The van der Waals surface area contributed by atoms with Crippen molar-refractivity contribution in [3.63, 3.8) is 0 Å². The molecule has 0 aromatic carbocycles. The van der Waals surface area contributed by atoms with Crippen molar-refractivity contribution in [1.29, 1.82) is 0 Å². The van der Waals surface area contributed by atoms with Crippen molar-refractivity contribution in [3.8, 4) is 0 Å². The van der Waals surface area contributed by atoms with Crippen LogP contribution in [0.1, 0.15) is 24.2 Å². The minimum atomic E-state index is 0.570. The highest BCUT2D eigenvalue weighted by Crippen LogP contribution is 2.34. The van der Waals surface area contributed by atoms with Crippen LogP contribution >= 0.6 is 0 Å². The Morgan fingerprint density at radius 1 is 1.05 bits per heavy atom. The van der Waals surface area contributed by atoms with Gasteiger partial charge in [0.15, 0.2) is 5.82 Å². The average Bonchev–Trinajstić information content (AvgIpc) is 3.13. The topological polar surface area (TPSA) is 45.2 Å². The number of aromatic nitrogens is 3.